The zero-order valence-electron chi connectivity index (χ0n) is 21.2. The van der Waals surface area contributed by atoms with E-state index < -0.39 is 46.5 Å². The van der Waals surface area contributed by atoms with Crippen LogP contribution in [-0.2, 0) is 34.1 Å². The van der Waals surface area contributed by atoms with Gasteiger partial charge in [-0.3, -0.25) is 15.1 Å². The average molecular weight is 653 g/mol. The minimum atomic E-state index is -5.48. The first-order chi connectivity index (χ1) is 18.9. The predicted molar refractivity (Wildman–Crippen MR) is 140 cm³/mol. The van der Waals surface area contributed by atoms with Crippen LogP contribution in [0.2, 0.25) is 5.02 Å². The van der Waals surface area contributed by atoms with E-state index in [9.17, 15) is 44.3 Å². The highest BCUT2D eigenvalue weighted by molar-refractivity contribution is 8.18. The van der Waals surface area contributed by atoms with Crippen molar-refractivity contribution in [3.05, 3.63) is 75.3 Å². The van der Waals surface area contributed by atoms with Crippen LogP contribution in [0.4, 0.5) is 39.5 Å². The van der Waals surface area contributed by atoms with Gasteiger partial charge in [-0.15, -0.1) is 23.5 Å². The number of halogens is 10. The van der Waals surface area contributed by atoms with Crippen LogP contribution < -0.4 is 10.8 Å². The summed E-state index contributed by atoms with van der Waals surface area (Å²) in [5, 5.41) is 2.77. The van der Waals surface area contributed by atoms with Crippen LogP contribution in [0.5, 0.6) is 0 Å². The van der Waals surface area contributed by atoms with Crippen molar-refractivity contribution < 1.29 is 49.1 Å². The van der Waals surface area contributed by atoms with Gasteiger partial charge < -0.3 is 5.32 Å². The summed E-state index contributed by atoms with van der Waals surface area (Å²) in [5.74, 6) is 1.18. The standard InChI is InChI=1S/C25H22ClF9N2O2S2/c1-3-40-21(41-4-2)20(38)36-12-14-6-5-13(7-18(14)26)19-11-22(39-37-19,25(33,34)35)15-8-16(23(27,28)29)10-17(9-15)24(30,31)32/h5-11,21,37H,3-4,12H2,1-2H3,(H,36,38). The molecule has 3 rings (SSSR count). The highest BCUT2D eigenvalue weighted by Crippen LogP contribution is 2.49. The van der Waals surface area contributed by atoms with Gasteiger partial charge in [-0.05, 0) is 47.4 Å². The molecule has 1 aliphatic heterocycles. The zero-order valence-corrected chi connectivity index (χ0v) is 23.5. The molecule has 4 nitrogen and oxygen atoms in total. The molecule has 2 N–H and O–H groups in total. The first-order valence-electron chi connectivity index (χ1n) is 11.8. The van der Waals surface area contributed by atoms with E-state index in [2.05, 4.69) is 5.32 Å². The van der Waals surface area contributed by atoms with Crippen LogP contribution in [0.25, 0.3) is 5.70 Å². The molecule has 0 spiro atoms. The van der Waals surface area contributed by atoms with Gasteiger partial charge in [-0.1, -0.05) is 37.6 Å². The number of thioether (sulfide) groups is 2. The molecule has 2 aromatic carbocycles. The normalized spacial score (nSPS) is 17.9. The number of rotatable bonds is 9. The summed E-state index contributed by atoms with van der Waals surface area (Å²) in [5.41, 5.74) is -6.98. The number of hydrogen-bond acceptors (Lipinski definition) is 5. The van der Waals surface area contributed by atoms with Crippen LogP contribution in [0.1, 0.15) is 41.7 Å². The highest BCUT2D eigenvalue weighted by Gasteiger charge is 2.60. The van der Waals surface area contributed by atoms with Crippen molar-refractivity contribution >= 4 is 46.7 Å². The largest absolute Gasteiger partial charge is 0.428 e. The Morgan fingerprint density at radius 1 is 0.951 bits per heavy atom. The topological polar surface area (TPSA) is 50.4 Å². The molecule has 16 heteroatoms. The smallest absolute Gasteiger partial charge is 0.350 e. The molecule has 0 fully saturated rings. The van der Waals surface area contributed by atoms with Crippen molar-refractivity contribution in [3.63, 3.8) is 0 Å². The Bertz CT molecular complexity index is 1260. The Labute approximate surface area is 242 Å². The van der Waals surface area contributed by atoms with Crippen molar-refractivity contribution in [1.82, 2.24) is 10.8 Å². The molecule has 1 atom stereocenters. The molecule has 1 amide bonds. The quantitative estimate of drug-likeness (QED) is 0.212. The maximum absolute atomic E-state index is 14.3. The van der Waals surface area contributed by atoms with Gasteiger partial charge in [0.2, 0.25) is 11.5 Å². The summed E-state index contributed by atoms with van der Waals surface area (Å²) >= 11 is 9.17. The maximum Gasteiger partial charge on any atom is 0.428 e. The van der Waals surface area contributed by atoms with E-state index in [1.54, 1.807) is 0 Å². The van der Waals surface area contributed by atoms with E-state index >= 15 is 0 Å². The summed E-state index contributed by atoms with van der Waals surface area (Å²) in [6, 6.07) is 3.60. The molecular formula is C25H22ClF9N2O2S2. The molecule has 0 saturated carbocycles. The number of alkyl halides is 9. The molecule has 1 aliphatic rings. The summed E-state index contributed by atoms with van der Waals surface area (Å²) in [4.78, 5) is 17.2. The molecule has 0 aromatic heterocycles. The fourth-order valence-corrected chi connectivity index (χ4v) is 6.30. The van der Waals surface area contributed by atoms with Crippen LogP contribution in [0.15, 0.2) is 42.5 Å². The first-order valence-corrected chi connectivity index (χ1v) is 14.2. The molecule has 0 saturated heterocycles. The van der Waals surface area contributed by atoms with E-state index in [-0.39, 0.29) is 45.8 Å². The van der Waals surface area contributed by atoms with Gasteiger partial charge in [-0.2, -0.15) is 39.5 Å². The third kappa shape index (κ3) is 7.59. The fourth-order valence-electron chi connectivity index (χ4n) is 3.78. The first kappa shape index (κ1) is 33.3. The minimum absolute atomic E-state index is 0.000163. The Balaban J connectivity index is 1.97. The van der Waals surface area contributed by atoms with Crippen molar-refractivity contribution in [2.24, 2.45) is 0 Å². The van der Waals surface area contributed by atoms with E-state index in [4.69, 9.17) is 16.4 Å². The lowest BCUT2D eigenvalue weighted by Crippen LogP contribution is -2.43. The Morgan fingerprint density at radius 2 is 1.51 bits per heavy atom. The van der Waals surface area contributed by atoms with Gasteiger partial charge in [0.15, 0.2) is 0 Å². The monoisotopic (exact) mass is 652 g/mol. The average Bonchev–Trinajstić information content (AvgIpc) is 3.33. The second-order valence-electron chi connectivity index (χ2n) is 8.56. The Kier molecular flexibility index (Phi) is 10.2. The SMILES string of the molecule is CCSC(SCC)C(=O)NCc1ccc(C2=CC(c3cc(C(F)(F)F)cc(C(F)(F)F)c3)(C(F)(F)F)ON2)cc1Cl. The van der Waals surface area contributed by atoms with Crippen LogP contribution in [0.3, 0.4) is 0 Å². The van der Waals surface area contributed by atoms with E-state index in [0.29, 0.717) is 23.1 Å². The van der Waals surface area contributed by atoms with E-state index in [0.717, 1.165) is 0 Å². The number of carbonyl (C=O) groups is 1. The van der Waals surface area contributed by atoms with Gasteiger partial charge in [0.05, 0.1) is 16.8 Å². The van der Waals surface area contributed by atoms with Crippen molar-refractivity contribution in [2.75, 3.05) is 11.5 Å². The summed E-state index contributed by atoms with van der Waals surface area (Å²) < 4.78 is 123. The van der Waals surface area contributed by atoms with Gasteiger partial charge >= 0.3 is 18.5 Å². The van der Waals surface area contributed by atoms with Crippen molar-refractivity contribution in [2.45, 2.75) is 49.1 Å². The predicted octanol–water partition coefficient (Wildman–Crippen LogP) is 8.16. The number of hydrogen-bond donors (Lipinski definition) is 2. The fraction of sp³-hybridized carbons (Fsp3) is 0.400. The van der Waals surface area contributed by atoms with Crippen LogP contribution in [0, 0.1) is 0 Å². The molecule has 41 heavy (non-hydrogen) atoms. The molecule has 0 bridgehead atoms. The second-order valence-corrected chi connectivity index (χ2v) is 12.0. The third-order valence-corrected chi connectivity index (χ3v) is 8.64. The van der Waals surface area contributed by atoms with E-state index in [1.165, 1.54) is 41.7 Å². The van der Waals surface area contributed by atoms with Gasteiger partial charge in [0.25, 0.3) is 0 Å². The molecule has 2 aromatic rings. The number of benzene rings is 2. The molecule has 0 radical (unpaired) electrons. The Morgan fingerprint density at radius 3 is 1.98 bits per heavy atom. The molecule has 226 valence electrons. The summed E-state index contributed by atoms with van der Waals surface area (Å²) in [7, 11) is 0. The molecule has 1 unspecified atom stereocenters. The lowest BCUT2D eigenvalue weighted by Gasteiger charge is -2.29. The van der Waals surface area contributed by atoms with Gasteiger partial charge in [0.1, 0.15) is 4.58 Å². The molecular weight excluding hydrogens is 631 g/mol. The summed E-state index contributed by atoms with van der Waals surface area (Å²) in [6.07, 6.45) is -15.9. The number of hydroxylamine groups is 1. The molecule has 0 aliphatic carbocycles. The third-order valence-electron chi connectivity index (χ3n) is 5.77. The summed E-state index contributed by atoms with van der Waals surface area (Å²) in [6.45, 7) is 3.81. The van der Waals surface area contributed by atoms with Gasteiger partial charge in [-0.25, -0.2) is 0 Å². The van der Waals surface area contributed by atoms with E-state index in [1.807, 2.05) is 19.3 Å². The van der Waals surface area contributed by atoms with Crippen molar-refractivity contribution in [1.29, 1.82) is 0 Å². The van der Waals surface area contributed by atoms with Crippen LogP contribution >= 0.6 is 35.1 Å². The van der Waals surface area contributed by atoms with Gasteiger partial charge in [0, 0.05) is 22.7 Å². The number of amides is 1. The number of nitrogens with one attached hydrogen (secondary N) is 2. The van der Waals surface area contributed by atoms with Crippen molar-refractivity contribution in [3.8, 4) is 0 Å². The lowest BCUT2D eigenvalue weighted by molar-refractivity contribution is -0.269. The minimum Gasteiger partial charge on any atom is -0.350 e. The molecule has 1 heterocycles. The maximum atomic E-state index is 14.3. The number of carbonyl (C=O) groups excluding carboxylic acids is 1. The Hall–Kier alpha value is -2.23. The second kappa shape index (κ2) is 12.6. The highest BCUT2D eigenvalue weighted by atomic mass is 35.5. The van der Waals surface area contributed by atoms with Crippen LogP contribution in [-0.4, -0.2) is 28.2 Å². The zero-order chi connectivity index (χ0) is 30.8. The lowest BCUT2D eigenvalue weighted by atomic mass is 9.88.